The van der Waals surface area contributed by atoms with Gasteiger partial charge in [0, 0.05) is 28.8 Å². The van der Waals surface area contributed by atoms with Crippen molar-refractivity contribution in [1.29, 1.82) is 0 Å². The molecule has 0 unspecified atom stereocenters. The molecule has 0 aliphatic heterocycles. The summed E-state index contributed by atoms with van der Waals surface area (Å²) in [6.07, 6.45) is 3.79. The highest BCUT2D eigenvalue weighted by molar-refractivity contribution is 7.97. The molecule has 0 N–H and O–H groups in total. The molecule has 0 saturated carbocycles. The summed E-state index contributed by atoms with van der Waals surface area (Å²) in [4.78, 5) is 19.3. The van der Waals surface area contributed by atoms with Crippen LogP contribution in [0.15, 0.2) is 72.6 Å². The van der Waals surface area contributed by atoms with Crippen molar-refractivity contribution in [1.82, 2.24) is 4.98 Å². The van der Waals surface area contributed by atoms with Crippen LogP contribution < -0.4 is 4.90 Å². The summed E-state index contributed by atoms with van der Waals surface area (Å²) in [6, 6.07) is 17.8. The quantitative estimate of drug-likeness (QED) is 0.507. The average molecular weight is 381 g/mol. The number of thioether (sulfide) groups is 1. The minimum absolute atomic E-state index is 0.0606. The molecule has 0 spiro atoms. The lowest BCUT2D eigenvalue weighted by Gasteiger charge is -2.18. The maximum absolute atomic E-state index is 13.0. The normalized spacial score (nSPS) is 10.5. The number of rotatable bonds is 7. The molecule has 5 heteroatoms. The van der Waals surface area contributed by atoms with Crippen LogP contribution in [0.25, 0.3) is 11.3 Å². The van der Waals surface area contributed by atoms with E-state index < -0.39 is 0 Å². The van der Waals surface area contributed by atoms with Crippen LogP contribution in [-0.4, -0.2) is 23.7 Å². The summed E-state index contributed by atoms with van der Waals surface area (Å²) in [5, 5.41) is 2.66. The Kier molecular flexibility index (Phi) is 6.26. The van der Waals surface area contributed by atoms with Gasteiger partial charge in [-0.3, -0.25) is 9.69 Å². The molecule has 3 aromatic rings. The van der Waals surface area contributed by atoms with Gasteiger partial charge in [0.05, 0.1) is 5.69 Å². The monoisotopic (exact) mass is 380 g/mol. The van der Waals surface area contributed by atoms with E-state index >= 15 is 0 Å². The first-order valence-electron chi connectivity index (χ1n) is 8.24. The van der Waals surface area contributed by atoms with Crippen LogP contribution in [0.2, 0.25) is 0 Å². The summed E-state index contributed by atoms with van der Waals surface area (Å²) < 4.78 is 0. The molecule has 0 bridgehead atoms. The molecule has 0 atom stereocenters. The number of carbonyl (C=O) groups is 1. The van der Waals surface area contributed by atoms with Gasteiger partial charge >= 0.3 is 0 Å². The molecule has 3 rings (SSSR count). The molecular formula is C21H20N2OS2. The number of aromatic nitrogens is 1. The van der Waals surface area contributed by atoms with Gasteiger partial charge in [-0.25, -0.2) is 4.98 Å². The molecule has 3 nitrogen and oxygen atoms in total. The van der Waals surface area contributed by atoms with Gasteiger partial charge in [0.25, 0.3) is 5.91 Å². The number of benzene rings is 2. The van der Waals surface area contributed by atoms with Crippen LogP contribution in [0.5, 0.6) is 0 Å². The van der Waals surface area contributed by atoms with E-state index in [-0.39, 0.29) is 5.91 Å². The number of amides is 1. The van der Waals surface area contributed by atoms with Gasteiger partial charge < -0.3 is 0 Å². The second kappa shape index (κ2) is 8.83. The Labute approximate surface area is 162 Å². The zero-order valence-corrected chi connectivity index (χ0v) is 16.2. The second-order valence-corrected chi connectivity index (χ2v) is 7.42. The number of anilines is 1. The minimum atomic E-state index is -0.0606. The molecule has 26 heavy (non-hydrogen) atoms. The van der Waals surface area contributed by atoms with Crippen molar-refractivity contribution < 1.29 is 4.79 Å². The SMILES string of the molecule is C=CCN(C(=O)c1ccc(CSC)cc1)c1nc(-c2ccccc2)cs1. The fourth-order valence-corrected chi connectivity index (χ4v) is 3.94. The fraction of sp³-hybridized carbons (Fsp3) is 0.143. The van der Waals surface area contributed by atoms with E-state index in [1.807, 2.05) is 60.0 Å². The summed E-state index contributed by atoms with van der Waals surface area (Å²) in [5.74, 6) is 0.882. The highest BCUT2D eigenvalue weighted by atomic mass is 32.2. The van der Waals surface area contributed by atoms with Crippen molar-refractivity contribution in [3.05, 3.63) is 83.8 Å². The third-order valence-corrected chi connectivity index (χ3v) is 5.35. The van der Waals surface area contributed by atoms with E-state index in [2.05, 4.69) is 17.8 Å². The number of hydrogen-bond donors (Lipinski definition) is 0. The average Bonchev–Trinajstić information content (AvgIpc) is 3.17. The summed E-state index contributed by atoms with van der Waals surface area (Å²) in [5.41, 5.74) is 3.79. The van der Waals surface area contributed by atoms with E-state index in [4.69, 9.17) is 0 Å². The van der Waals surface area contributed by atoms with Crippen LogP contribution >= 0.6 is 23.1 Å². The van der Waals surface area contributed by atoms with Crippen molar-refractivity contribution in [3.8, 4) is 11.3 Å². The molecule has 132 valence electrons. The molecule has 2 aromatic carbocycles. The Hall–Kier alpha value is -2.37. The molecule has 1 amide bonds. The number of hydrogen-bond acceptors (Lipinski definition) is 4. The Morgan fingerprint density at radius 1 is 1.19 bits per heavy atom. The Balaban J connectivity index is 1.85. The Morgan fingerprint density at radius 2 is 1.92 bits per heavy atom. The van der Waals surface area contributed by atoms with Crippen LogP contribution in [0.3, 0.4) is 0 Å². The number of carbonyl (C=O) groups excluding carboxylic acids is 1. The molecule has 0 aliphatic carbocycles. The van der Waals surface area contributed by atoms with Crippen LogP contribution in [-0.2, 0) is 5.75 Å². The van der Waals surface area contributed by atoms with Gasteiger partial charge in [-0.2, -0.15) is 11.8 Å². The first kappa shape index (κ1) is 18.4. The van der Waals surface area contributed by atoms with Gasteiger partial charge in [0.2, 0.25) is 0 Å². The van der Waals surface area contributed by atoms with Crippen LogP contribution in [0.4, 0.5) is 5.13 Å². The zero-order valence-electron chi connectivity index (χ0n) is 14.6. The van der Waals surface area contributed by atoms with Crippen molar-refractivity contribution >= 4 is 34.1 Å². The second-order valence-electron chi connectivity index (χ2n) is 5.72. The topological polar surface area (TPSA) is 33.2 Å². The van der Waals surface area contributed by atoms with Gasteiger partial charge in [-0.05, 0) is 24.0 Å². The molecule has 0 saturated heterocycles. The van der Waals surface area contributed by atoms with Gasteiger partial charge in [0.1, 0.15) is 0 Å². The largest absolute Gasteiger partial charge is 0.280 e. The Bertz CT molecular complexity index is 873. The maximum atomic E-state index is 13.0. The van der Waals surface area contributed by atoms with E-state index in [1.54, 1.807) is 22.7 Å². The zero-order chi connectivity index (χ0) is 18.4. The highest BCUT2D eigenvalue weighted by Crippen LogP contribution is 2.28. The van der Waals surface area contributed by atoms with Crippen LogP contribution in [0.1, 0.15) is 15.9 Å². The lowest BCUT2D eigenvalue weighted by Crippen LogP contribution is -2.30. The predicted molar refractivity (Wildman–Crippen MR) is 113 cm³/mol. The minimum Gasteiger partial charge on any atom is -0.280 e. The van der Waals surface area contributed by atoms with E-state index in [1.165, 1.54) is 16.9 Å². The number of nitrogens with zero attached hydrogens (tertiary/aromatic N) is 2. The smallest absolute Gasteiger partial charge is 0.260 e. The molecular weight excluding hydrogens is 360 g/mol. The third kappa shape index (κ3) is 4.23. The lowest BCUT2D eigenvalue weighted by atomic mass is 10.1. The molecule has 1 heterocycles. The summed E-state index contributed by atoms with van der Waals surface area (Å²) in [7, 11) is 0. The van der Waals surface area contributed by atoms with Crippen molar-refractivity contribution in [2.24, 2.45) is 0 Å². The summed E-state index contributed by atoms with van der Waals surface area (Å²) >= 11 is 3.23. The lowest BCUT2D eigenvalue weighted by molar-refractivity contribution is 0.0989. The molecule has 0 radical (unpaired) electrons. The van der Waals surface area contributed by atoms with Gasteiger partial charge in [-0.1, -0.05) is 48.5 Å². The molecule has 0 aliphatic rings. The van der Waals surface area contributed by atoms with Gasteiger partial charge in [0.15, 0.2) is 5.13 Å². The van der Waals surface area contributed by atoms with Crippen molar-refractivity contribution in [2.45, 2.75) is 5.75 Å². The standard InChI is InChI=1S/C21H20N2OS2/c1-3-13-23(20(24)18-11-9-16(10-12-18)14-25-2)21-22-19(15-26-21)17-7-5-4-6-8-17/h3-12,15H,1,13-14H2,2H3. The Morgan fingerprint density at radius 3 is 2.58 bits per heavy atom. The fourth-order valence-electron chi connectivity index (χ4n) is 2.57. The van der Waals surface area contributed by atoms with Crippen LogP contribution in [0, 0.1) is 0 Å². The van der Waals surface area contributed by atoms with E-state index in [0.717, 1.165) is 17.0 Å². The summed E-state index contributed by atoms with van der Waals surface area (Å²) in [6.45, 7) is 4.21. The highest BCUT2D eigenvalue weighted by Gasteiger charge is 2.20. The predicted octanol–water partition coefficient (Wildman–Crippen LogP) is 5.51. The molecule has 0 fully saturated rings. The van der Waals surface area contributed by atoms with Crippen molar-refractivity contribution in [3.63, 3.8) is 0 Å². The first-order chi connectivity index (χ1) is 12.7. The third-order valence-electron chi connectivity index (χ3n) is 3.86. The maximum Gasteiger partial charge on any atom is 0.260 e. The van der Waals surface area contributed by atoms with E-state index in [0.29, 0.717) is 17.2 Å². The van der Waals surface area contributed by atoms with Gasteiger partial charge in [-0.15, -0.1) is 17.9 Å². The molecule has 1 aromatic heterocycles. The number of thiazole rings is 1. The van der Waals surface area contributed by atoms with Crippen molar-refractivity contribution in [2.75, 3.05) is 17.7 Å². The first-order valence-corrected chi connectivity index (χ1v) is 10.5. The van der Waals surface area contributed by atoms with E-state index in [9.17, 15) is 4.79 Å².